The predicted molar refractivity (Wildman–Crippen MR) is 87.1 cm³/mol. The first-order chi connectivity index (χ1) is 11.1. The van der Waals surface area contributed by atoms with E-state index < -0.39 is 0 Å². The molecule has 0 saturated carbocycles. The van der Waals surface area contributed by atoms with E-state index in [4.69, 9.17) is 4.52 Å². The van der Waals surface area contributed by atoms with Crippen LogP contribution in [0.2, 0.25) is 0 Å². The van der Waals surface area contributed by atoms with Gasteiger partial charge in [-0.25, -0.2) is 4.98 Å². The average molecular weight is 310 g/mol. The molecule has 118 valence electrons. The Labute approximate surface area is 134 Å². The maximum atomic E-state index is 12.3. The van der Waals surface area contributed by atoms with E-state index >= 15 is 0 Å². The third-order valence-corrected chi connectivity index (χ3v) is 3.65. The van der Waals surface area contributed by atoms with Crippen molar-refractivity contribution >= 4 is 22.6 Å². The second-order valence-electron chi connectivity index (χ2n) is 5.40. The number of hydrogen-bond acceptors (Lipinski definition) is 5. The van der Waals surface area contributed by atoms with Gasteiger partial charge in [0, 0.05) is 25.3 Å². The van der Waals surface area contributed by atoms with E-state index in [1.807, 2.05) is 36.4 Å². The molecule has 0 aliphatic carbocycles. The fourth-order valence-electron chi connectivity index (χ4n) is 2.37. The smallest absolute Gasteiger partial charge is 0.227 e. The molecule has 2 aromatic heterocycles. The summed E-state index contributed by atoms with van der Waals surface area (Å²) in [6.45, 7) is 1.78. The largest absolute Gasteiger partial charge is 0.339 e. The summed E-state index contributed by atoms with van der Waals surface area (Å²) in [5, 5.41) is 4.79. The number of amides is 1. The van der Waals surface area contributed by atoms with Crippen molar-refractivity contribution < 1.29 is 9.32 Å². The molecule has 6 nitrogen and oxygen atoms in total. The van der Waals surface area contributed by atoms with Crippen LogP contribution in [-0.2, 0) is 11.2 Å². The number of para-hydroxylation sites is 1. The summed E-state index contributed by atoms with van der Waals surface area (Å²) in [7, 11) is 1.75. The Bertz CT molecular complexity index is 828. The molecular weight excluding hydrogens is 292 g/mol. The Morgan fingerprint density at radius 1 is 1.17 bits per heavy atom. The van der Waals surface area contributed by atoms with Gasteiger partial charge in [0.25, 0.3) is 0 Å². The second-order valence-corrected chi connectivity index (χ2v) is 5.40. The number of anilines is 1. The highest BCUT2D eigenvalue weighted by molar-refractivity contribution is 5.93. The van der Waals surface area contributed by atoms with Crippen LogP contribution in [0.15, 0.2) is 40.9 Å². The molecule has 0 bridgehead atoms. The zero-order chi connectivity index (χ0) is 16.2. The zero-order valence-corrected chi connectivity index (χ0v) is 13.2. The lowest BCUT2D eigenvalue weighted by molar-refractivity contribution is -0.118. The SMILES string of the molecule is Cc1noc(CCCC(=O)N(C)c2ccc3ccccc3n2)n1. The monoisotopic (exact) mass is 310 g/mol. The quantitative estimate of drug-likeness (QED) is 0.724. The van der Waals surface area contributed by atoms with Gasteiger partial charge in [0.2, 0.25) is 11.8 Å². The molecule has 0 aliphatic rings. The van der Waals surface area contributed by atoms with Gasteiger partial charge in [-0.3, -0.25) is 9.69 Å². The van der Waals surface area contributed by atoms with Gasteiger partial charge in [-0.1, -0.05) is 23.4 Å². The van der Waals surface area contributed by atoms with Gasteiger partial charge in [0.15, 0.2) is 5.82 Å². The Morgan fingerprint density at radius 2 is 2.00 bits per heavy atom. The summed E-state index contributed by atoms with van der Waals surface area (Å²) in [6.07, 6.45) is 1.68. The molecule has 0 aliphatic heterocycles. The van der Waals surface area contributed by atoms with Crippen molar-refractivity contribution in [2.45, 2.75) is 26.2 Å². The topological polar surface area (TPSA) is 72.1 Å². The molecule has 3 aromatic rings. The van der Waals surface area contributed by atoms with E-state index in [2.05, 4.69) is 15.1 Å². The third-order valence-electron chi connectivity index (χ3n) is 3.65. The fourth-order valence-corrected chi connectivity index (χ4v) is 2.37. The minimum Gasteiger partial charge on any atom is -0.339 e. The van der Waals surface area contributed by atoms with Gasteiger partial charge < -0.3 is 4.52 Å². The molecule has 23 heavy (non-hydrogen) atoms. The third kappa shape index (κ3) is 3.53. The highest BCUT2D eigenvalue weighted by Gasteiger charge is 2.13. The minimum absolute atomic E-state index is 0.0176. The van der Waals surface area contributed by atoms with Crippen molar-refractivity contribution in [2.75, 3.05) is 11.9 Å². The number of aromatic nitrogens is 3. The van der Waals surface area contributed by atoms with E-state index in [1.165, 1.54) is 0 Å². The standard InChI is InChI=1S/C17H18N4O2/c1-12-18-16(23-20-12)8-5-9-17(22)21(2)15-11-10-13-6-3-4-7-14(13)19-15/h3-4,6-7,10-11H,5,8-9H2,1-2H3. The van der Waals surface area contributed by atoms with E-state index in [0.717, 1.165) is 10.9 Å². The Balaban J connectivity index is 1.61. The van der Waals surface area contributed by atoms with Crippen LogP contribution in [0, 0.1) is 6.92 Å². The molecule has 0 saturated heterocycles. The number of carbonyl (C=O) groups excluding carboxylic acids is 1. The minimum atomic E-state index is 0.0176. The predicted octanol–water partition coefficient (Wildman–Crippen LogP) is 2.91. The lowest BCUT2D eigenvalue weighted by Gasteiger charge is -2.16. The summed E-state index contributed by atoms with van der Waals surface area (Å²) in [5.41, 5.74) is 0.881. The van der Waals surface area contributed by atoms with E-state index in [1.54, 1.807) is 18.9 Å². The maximum absolute atomic E-state index is 12.3. The molecule has 0 spiro atoms. The van der Waals surface area contributed by atoms with Crippen molar-refractivity contribution in [2.24, 2.45) is 0 Å². The number of nitrogens with zero attached hydrogens (tertiary/aromatic N) is 4. The molecule has 1 amide bonds. The first-order valence-electron chi connectivity index (χ1n) is 7.55. The normalized spacial score (nSPS) is 10.9. The summed E-state index contributed by atoms with van der Waals surface area (Å²) in [6, 6.07) is 11.7. The molecule has 3 rings (SSSR count). The molecule has 2 heterocycles. The highest BCUT2D eigenvalue weighted by Crippen LogP contribution is 2.18. The van der Waals surface area contributed by atoms with Gasteiger partial charge in [0.05, 0.1) is 5.52 Å². The molecule has 0 N–H and O–H groups in total. The fraction of sp³-hybridized carbons (Fsp3) is 0.294. The Kier molecular flexibility index (Phi) is 4.32. The van der Waals surface area contributed by atoms with Gasteiger partial charge in [-0.05, 0) is 31.5 Å². The van der Waals surface area contributed by atoms with Gasteiger partial charge in [0.1, 0.15) is 5.82 Å². The number of pyridine rings is 1. The van der Waals surface area contributed by atoms with Crippen molar-refractivity contribution in [3.05, 3.63) is 48.1 Å². The molecule has 0 unspecified atom stereocenters. The number of fused-ring (bicyclic) bond motifs is 1. The number of carbonyl (C=O) groups is 1. The Morgan fingerprint density at radius 3 is 2.78 bits per heavy atom. The van der Waals surface area contributed by atoms with Crippen LogP contribution in [0.3, 0.4) is 0 Å². The molecule has 1 aromatic carbocycles. The number of aryl methyl sites for hydroxylation is 2. The van der Waals surface area contributed by atoms with Gasteiger partial charge in [-0.15, -0.1) is 0 Å². The van der Waals surface area contributed by atoms with E-state index in [9.17, 15) is 4.79 Å². The molecule has 6 heteroatoms. The summed E-state index contributed by atoms with van der Waals surface area (Å²) < 4.78 is 5.04. The van der Waals surface area contributed by atoms with E-state index in [-0.39, 0.29) is 5.91 Å². The van der Waals surface area contributed by atoms with Crippen LogP contribution in [0.1, 0.15) is 24.6 Å². The number of hydrogen-bond donors (Lipinski definition) is 0. The molecule has 0 atom stereocenters. The molecular formula is C17H18N4O2. The number of benzene rings is 1. The first-order valence-corrected chi connectivity index (χ1v) is 7.55. The summed E-state index contributed by atoms with van der Waals surface area (Å²) in [4.78, 5) is 22.5. The van der Waals surface area contributed by atoms with Crippen LogP contribution < -0.4 is 4.90 Å². The lowest BCUT2D eigenvalue weighted by atomic mass is 10.2. The van der Waals surface area contributed by atoms with E-state index in [0.29, 0.717) is 36.8 Å². The maximum Gasteiger partial charge on any atom is 0.227 e. The van der Waals surface area contributed by atoms with Crippen molar-refractivity contribution in [1.29, 1.82) is 0 Å². The van der Waals surface area contributed by atoms with Crippen molar-refractivity contribution in [1.82, 2.24) is 15.1 Å². The van der Waals surface area contributed by atoms with Gasteiger partial charge >= 0.3 is 0 Å². The summed E-state index contributed by atoms with van der Waals surface area (Å²) in [5.74, 6) is 1.86. The first kappa shape index (κ1) is 15.1. The van der Waals surface area contributed by atoms with Crippen LogP contribution in [-0.4, -0.2) is 28.1 Å². The lowest BCUT2D eigenvalue weighted by Crippen LogP contribution is -2.26. The highest BCUT2D eigenvalue weighted by atomic mass is 16.5. The Hall–Kier alpha value is -2.76. The zero-order valence-electron chi connectivity index (χ0n) is 13.2. The molecule has 0 fully saturated rings. The summed E-state index contributed by atoms with van der Waals surface area (Å²) >= 11 is 0. The van der Waals surface area contributed by atoms with Crippen LogP contribution >= 0.6 is 0 Å². The second kappa shape index (κ2) is 6.56. The average Bonchev–Trinajstić information content (AvgIpc) is 2.99. The van der Waals surface area contributed by atoms with Crippen molar-refractivity contribution in [3.63, 3.8) is 0 Å². The number of rotatable bonds is 5. The van der Waals surface area contributed by atoms with Crippen LogP contribution in [0.25, 0.3) is 10.9 Å². The van der Waals surface area contributed by atoms with Crippen LogP contribution in [0.4, 0.5) is 5.82 Å². The molecule has 0 radical (unpaired) electrons. The van der Waals surface area contributed by atoms with Crippen molar-refractivity contribution in [3.8, 4) is 0 Å². The van der Waals surface area contributed by atoms with Gasteiger partial charge in [-0.2, -0.15) is 4.98 Å². The van der Waals surface area contributed by atoms with Crippen LogP contribution in [0.5, 0.6) is 0 Å².